The number of piperidine rings is 2. The van der Waals surface area contributed by atoms with E-state index < -0.39 is 23.8 Å². The molecule has 2 saturated heterocycles. The number of hydrogen-bond donors (Lipinski definition) is 2. The topological polar surface area (TPSA) is 108 Å². The number of nitrogens with zero attached hydrogens (tertiary/aromatic N) is 2. The quantitative estimate of drug-likeness (QED) is 0.632. The fourth-order valence-electron chi connectivity index (χ4n) is 5.72. The van der Waals surface area contributed by atoms with Gasteiger partial charge in [-0.15, -0.1) is 0 Å². The van der Waals surface area contributed by atoms with Crippen molar-refractivity contribution in [3.63, 3.8) is 0 Å². The Balaban J connectivity index is 1.13. The van der Waals surface area contributed by atoms with Gasteiger partial charge >= 0.3 is 0 Å². The number of amides is 4. The Kier molecular flexibility index (Phi) is 5.61. The van der Waals surface area contributed by atoms with Gasteiger partial charge in [-0.25, -0.2) is 0 Å². The Morgan fingerprint density at radius 1 is 0.972 bits per heavy atom. The van der Waals surface area contributed by atoms with Gasteiger partial charge in [0.2, 0.25) is 11.8 Å². The zero-order valence-corrected chi connectivity index (χ0v) is 19.9. The van der Waals surface area contributed by atoms with Crippen LogP contribution in [0.1, 0.15) is 57.5 Å². The van der Waals surface area contributed by atoms with Gasteiger partial charge in [0.1, 0.15) is 17.4 Å². The summed E-state index contributed by atoms with van der Waals surface area (Å²) in [6, 6.07) is 12.5. The molecule has 0 saturated carbocycles. The molecule has 2 fully saturated rings. The van der Waals surface area contributed by atoms with E-state index >= 15 is 0 Å². The molecule has 4 amide bonds. The molecule has 0 radical (unpaired) electrons. The molecule has 4 heterocycles. The standard InChI is InChI=1S/C27H28N4O5/c32-23-8-7-21(24(33)29-23)31-25(34)19-6-5-17(13-20(19)26(31)35)15-30-11-9-27(10-12-30)16-28-14-18-3-1-2-4-22(18)36-27/h1-6,13,21,28H,7-12,14-16H2,(H,29,32,33). The normalized spacial score (nSPS) is 23.7. The number of rotatable bonds is 3. The van der Waals surface area contributed by atoms with Crippen LogP contribution in [-0.2, 0) is 22.7 Å². The molecule has 9 nitrogen and oxygen atoms in total. The minimum atomic E-state index is -0.949. The number of carbonyl (C=O) groups is 4. The number of carbonyl (C=O) groups excluding carboxylic acids is 4. The van der Waals surface area contributed by atoms with E-state index in [0.29, 0.717) is 17.7 Å². The number of nitrogens with one attached hydrogen (secondary N) is 2. The molecular formula is C27H28N4O5. The van der Waals surface area contributed by atoms with Gasteiger partial charge in [-0.1, -0.05) is 24.3 Å². The zero-order chi connectivity index (χ0) is 24.9. The number of fused-ring (bicyclic) bond motifs is 2. The third kappa shape index (κ3) is 3.98. The lowest BCUT2D eigenvalue weighted by Gasteiger charge is -2.41. The van der Waals surface area contributed by atoms with Crippen LogP contribution in [0, 0.1) is 0 Å². The lowest BCUT2D eigenvalue weighted by molar-refractivity contribution is -0.136. The molecule has 6 rings (SSSR count). The highest BCUT2D eigenvalue weighted by atomic mass is 16.5. The summed E-state index contributed by atoms with van der Waals surface area (Å²) in [6.45, 7) is 3.99. The molecule has 2 aromatic carbocycles. The van der Waals surface area contributed by atoms with Crippen LogP contribution in [0.4, 0.5) is 0 Å². The SMILES string of the molecule is O=C1CCC(N2C(=O)c3ccc(CN4CCC5(CC4)CNCc4ccccc4O5)cc3C2=O)C(=O)N1. The highest BCUT2D eigenvalue weighted by molar-refractivity contribution is 6.23. The maximum Gasteiger partial charge on any atom is 0.262 e. The first kappa shape index (κ1) is 22.9. The van der Waals surface area contributed by atoms with Crippen molar-refractivity contribution in [3.8, 4) is 5.75 Å². The van der Waals surface area contributed by atoms with E-state index in [4.69, 9.17) is 4.74 Å². The highest BCUT2D eigenvalue weighted by Gasteiger charge is 2.45. The molecule has 2 aromatic rings. The first-order chi connectivity index (χ1) is 17.4. The molecule has 2 N–H and O–H groups in total. The maximum atomic E-state index is 13.1. The largest absolute Gasteiger partial charge is 0.486 e. The van der Waals surface area contributed by atoms with Gasteiger partial charge in [-0.3, -0.25) is 34.3 Å². The van der Waals surface area contributed by atoms with Crippen LogP contribution in [0.15, 0.2) is 42.5 Å². The van der Waals surface area contributed by atoms with Crippen molar-refractivity contribution in [1.82, 2.24) is 20.4 Å². The summed E-state index contributed by atoms with van der Waals surface area (Å²) in [6.07, 6.45) is 2.04. The minimum Gasteiger partial charge on any atom is -0.486 e. The number of imide groups is 2. The highest BCUT2D eigenvalue weighted by Crippen LogP contribution is 2.34. The van der Waals surface area contributed by atoms with Crippen molar-refractivity contribution in [3.05, 3.63) is 64.7 Å². The first-order valence-corrected chi connectivity index (χ1v) is 12.5. The Morgan fingerprint density at radius 2 is 1.75 bits per heavy atom. The average molecular weight is 489 g/mol. The second-order valence-corrected chi connectivity index (χ2v) is 10.1. The molecule has 1 unspecified atom stereocenters. The number of ether oxygens (including phenoxy) is 1. The summed E-state index contributed by atoms with van der Waals surface area (Å²) >= 11 is 0. The van der Waals surface area contributed by atoms with E-state index in [1.165, 1.54) is 5.56 Å². The summed E-state index contributed by atoms with van der Waals surface area (Å²) < 4.78 is 6.52. The van der Waals surface area contributed by atoms with Gasteiger partial charge in [-0.05, 0) is 30.2 Å². The van der Waals surface area contributed by atoms with Crippen molar-refractivity contribution in [2.24, 2.45) is 0 Å². The van der Waals surface area contributed by atoms with Crippen molar-refractivity contribution < 1.29 is 23.9 Å². The van der Waals surface area contributed by atoms with E-state index in [2.05, 4.69) is 21.6 Å². The third-order valence-electron chi connectivity index (χ3n) is 7.74. The fourth-order valence-corrected chi connectivity index (χ4v) is 5.72. The van der Waals surface area contributed by atoms with Crippen LogP contribution in [0.3, 0.4) is 0 Å². The predicted octanol–water partition coefficient (Wildman–Crippen LogP) is 1.60. The van der Waals surface area contributed by atoms with E-state index in [1.54, 1.807) is 12.1 Å². The lowest BCUT2D eigenvalue weighted by atomic mass is 9.90. The van der Waals surface area contributed by atoms with Gasteiger partial charge in [0.25, 0.3) is 11.8 Å². The van der Waals surface area contributed by atoms with Crippen LogP contribution >= 0.6 is 0 Å². The Bertz CT molecular complexity index is 1270. The van der Waals surface area contributed by atoms with Crippen molar-refractivity contribution >= 4 is 23.6 Å². The van der Waals surface area contributed by atoms with Crippen LogP contribution in [-0.4, -0.2) is 64.7 Å². The molecule has 9 heteroatoms. The lowest BCUT2D eigenvalue weighted by Crippen LogP contribution is -2.54. The van der Waals surface area contributed by atoms with E-state index in [9.17, 15) is 19.2 Å². The monoisotopic (exact) mass is 488 g/mol. The van der Waals surface area contributed by atoms with Crippen molar-refractivity contribution in [2.45, 2.75) is 50.4 Å². The molecule has 0 bridgehead atoms. The maximum absolute atomic E-state index is 13.1. The Labute approximate surface area is 208 Å². The van der Waals surface area contributed by atoms with Gasteiger partial charge in [0.15, 0.2) is 0 Å². The van der Waals surface area contributed by atoms with Crippen LogP contribution in [0.2, 0.25) is 0 Å². The second-order valence-electron chi connectivity index (χ2n) is 10.1. The van der Waals surface area contributed by atoms with Crippen molar-refractivity contribution in [1.29, 1.82) is 0 Å². The summed E-state index contributed by atoms with van der Waals surface area (Å²) in [5, 5.41) is 5.77. The molecule has 36 heavy (non-hydrogen) atoms. The smallest absolute Gasteiger partial charge is 0.262 e. The second kappa shape index (κ2) is 8.83. The minimum absolute atomic E-state index is 0.107. The number of likely N-dealkylation sites (tertiary alicyclic amines) is 1. The van der Waals surface area contributed by atoms with Gasteiger partial charge in [-0.2, -0.15) is 0 Å². The van der Waals surface area contributed by atoms with Gasteiger partial charge < -0.3 is 10.1 Å². The molecule has 1 spiro atoms. The molecule has 0 aliphatic carbocycles. The summed E-state index contributed by atoms with van der Waals surface area (Å²) in [5.41, 5.74) is 2.53. The van der Waals surface area contributed by atoms with E-state index in [-0.39, 0.29) is 24.3 Å². The van der Waals surface area contributed by atoms with Crippen LogP contribution in [0.5, 0.6) is 5.75 Å². The number of para-hydroxylation sites is 1. The first-order valence-electron chi connectivity index (χ1n) is 12.5. The number of hydrogen-bond acceptors (Lipinski definition) is 7. The fraction of sp³-hybridized carbons (Fsp3) is 0.407. The summed E-state index contributed by atoms with van der Waals surface area (Å²) in [5.74, 6) is -0.970. The molecular weight excluding hydrogens is 460 g/mol. The van der Waals surface area contributed by atoms with E-state index in [0.717, 1.165) is 55.2 Å². The number of benzene rings is 2. The average Bonchev–Trinajstić information content (AvgIpc) is 3.00. The van der Waals surface area contributed by atoms with Crippen molar-refractivity contribution in [2.75, 3.05) is 19.6 Å². The molecule has 4 aliphatic heterocycles. The molecule has 0 aromatic heterocycles. The van der Waals surface area contributed by atoms with Gasteiger partial charge in [0, 0.05) is 57.5 Å². The summed E-state index contributed by atoms with van der Waals surface area (Å²) in [4.78, 5) is 53.2. The predicted molar refractivity (Wildman–Crippen MR) is 129 cm³/mol. The Morgan fingerprint density at radius 3 is 2.56 bits per heavy atom. The van der Waals surface area contributed by atoms with Gasteiger partial charge in [0.05, 0.1) is 11.1 Å². The summed E-state index contributed by atoms with van der Waals surface area (Å²) in [7, 11) is 0. The van der Waals surface area contributed by atoms with E-state index in [1.807, 2.05) is 24.3 Å². The molecule has 1 atom stereocenters. The van der Waals surface area contributed by atoms with Crippen LogP contribution < -0.4 is 15.4 Å². The molecule has 186 valence electrons. The zero-order valence-electron chi connectivity index (χ0n) is 19.9. The molecule has 4 aliphatic rings. The Hall–Kier alpha value is -3.56. The van der Waals surface area contributed by atoms with Crippen LogP contribution in [0.25, 0.3) is 0 Å². The third-order valence-corrected chi connectivity index (χ3v) is 7.74.